The minimum absolute atomic E-state index is 0.00868. The SMILES string of the molecule is C=C(C)CC(NC(=O)C1CCC1)c1ccc(-c2ccc(C)cn2)cc1.CC.CC.CC/C=C(/CC(C)(C)CC)C(C)CCC. The molecule has 0 spiro atoms. The number of aromatic nitrogens is 1. The van der Waals surface area contributed by atoms with Crippen LogP contribution in [-0.2, 0) is 4.79 Å². The topological polar surface area (TPSA) is 42.0 Å². The molecule has 2 unspecified atom stereocenters. The number of benzene rings is 1. The van der Waals surface area contributed by atoms with Gasteiger partial charge < -0.3 is 5.32 Å². The number of hydrogen-bond acceptors (Lipinski definition) is 2. The molecular formula is C41H68N2O. The van der Waals surface area contributed by atoms with E-state index in [-0.39, 0.29) is 17.9 Å². The molecule has 1 aromatic carbocycles. The van der Waals surface area contributed by atoms with Gasteiger partial charge >= 0.3 is 0 Å². The highest BCUT2D eigenvalue weighted by molar-refractivity contribution is 5.80. The van der Waals surface area contributed by atoms with Gasteiger partial charge in [0.15, 0.2) is 0 Å². The van der Waals surface area contributed by atoms with Gasteiger partial charge in [-0.05, 0) is 80.9 Å². The van der Waals surface area contributed by atoms with Gasteiger partial charge in [0.1, 0.15) is 0 Å². The number of allylic oxidation sites excluding steroid dienone is 2. The van der Waals surface area contributed by atoms with Gasteiger partial charge in [0.25, 0.3) is 0 Å². The third-order valence-electron chi connectivity index (χ3n) is 8.33. The molecule has 44 heavy (non-hydrogen) atoms. The molecule has 1 aromatic heterocycles. The fraction of sp³-hybridized carbons (Fsp3) is 0.610. The van der Waals surface area contributed by atoms with E-state index in [1.54, 1.807) is 5.57 Å². The summed E-state index contributed by atoms with van der Waals surface area (Å²) < 4.78 is 0. The van der Waals surface area contributed by atoms with Crippen LogP contribution < -0.4 is 5.32 Å². The monoisotopic (exact) mass is 605 g/mol. The summed E-state index contributed by atoms with van der Waals surface area (Å²) in [4.78, 5) is 16.8. The highest BCUT2D eigenvalue weighted by Gasteiger charge is 2.27. The number of aryl methyl sites for hydroxylation is 1. The Morgan fingerprint density at radius 3 is 2.09 bits per heavy atom. The van der Waals surface area contributed by atoms with E-state index in [0.29, 0.717) is 5.41 Å². The van der Waals surface area contributed by atoms with Crippen molar-refractivity contribution in [3.8, 4) is 11.3 Å². The van der Waals surface area contributed by atoms with E-state index in [1.165, 1.54) is 38.5 Å². The van der Waals surface area contributed by atoms with E-state index in [0.717, 1.165) is 53.1 Å². The Labute approximate surface area is 273 Å². The average Bonchev–Trinajstić information content (AvgIpc) is 2.98. The van der Waals surface area contributed by atoms with Gasteiger partial charge in [-0.25, -0.2) is 0 Å². The quantitative estimate of drug-likeness (QED) is 0.231. The maximum Gasteiger partial charge on any atom is 0.223 e. The number of nitrogens with zero attached hydrogens (tertiary/aromatic N) is 1. The summed E-state index contributed by atoms with van der Waals surface area (Å²) >= 11 is 0. The van der Waals surface area contributed by atoms with E-state index in [2.05, 4.69) is 94.8 Å². The third-order valence-corrected chi connectivity index (χ3v) is 8.33. The number of carbonyl (C=O) groups excluding carboxylic acids is 1. The van der Waals surface area contributed by atoms with Gasteiger partial charge in [-0.1, -0.05) is 136 Å². The molecule has 1 saturated carbocycles. The van der Waals surface area contributed by atoms with Crippen molar-refractivity contribution in [3.05, 3.63) is 77.5 Å². The maximum absolute atomic E-state index is 12.4. The molecule has 2 atom stereocenters. The molecule has 0 bridgehead atoms. The average molecular weight is 605 g/mol. The lowest BCUT2D eigenvalue weighted by atomic mass is 9.78. The first-order chi connectivity index (χ1) is 21.0. The number of amides is 1. The minimum Gasteiger partial charge on any atom is -0.349 e. The summed E-state index contributed by atoms with van der Waals surface area (Å²) in [5.74, 6) is 1.16. The minimum atomic E-state index is -0.00868. The van der Waals surface area contributed by atoms with Crippen LogP contribution in [0.15, 0.2) is 66.4 Å². The summed E-state index contributed by atoms with van der Waals surface area (Å²) in [7, 11) is 0. The Morgan fingerprint density at radius 2 is 1.66 bits per heavy atom. The number of pyridine rings is 1. The molecule has 2 aromatic rings. The van der Waals surface area contributed by atoms with Crippen molar-refractivity contribution in [2.24, 2.45) is 17.3 Å². The van der Waals surface area contributed by atoms with E-state index in [9.17, 15) is 4.79 Å². The molecule has 3 nitrogen and oxygen atoms in total. The lowest BCUT2D eigenvalue weighted by molar-refractivity contribution is -0.128. The Kier molecular flexibility index (Phi) is 21.4. The largest absolute Gasteiger partial charge is 0.349 e. The van der Waals surface area contributed by atoms with Gasteiger partial charge in [-0.2, -0.15) is 0 Å². The van der Waals surface area contributed by atoms with Crippen LogP contribution in [0.4, 0.5) is 0 Å². The van der Waals surface area contributed by atoms with E-state index in [1.807, 2.05) is 53.8 Å². The Morgan fingerprint density at radius 1 is 1.05 bits per heavy atom. The van der Waals surface area contributed by atoms with E-state index in [4.69, 9.17) is 0 Å². The van der Waals surface area contributed by atoms with Crippen LogP contribution in [0.1, 0.15) is 151 Å². The van der Waals surface area contributed by atoms with Crippen molar-refractivity contribution in [1.82, 2.24) is 10.3 Å². The van der Waals surface area contributed by atoms with Gasteiger partial charge in [0, 0.05) is 17.7 Å². The second kappa shape index (κ2) is 22.8. The fourth-order valence-corrected chi connectivity index (χ4v) is 5.09. The van der Waals surface area contributed by atoms with Gasteiger partial charge in [0.2, 0.25) is 5.91 Å². The molecule has 248 valence electrons. The molecule has 0 radical (unpaired) electrons. The zero-order valence-corrected chi connectivity index (χ0v) is 30.8. The van der Waals surface area contributed by atoms with Crippen LogP contribution in [0.25, 0.3) is 11.3 Å². The standard InChI is InChI=1S/C22H26N2O.C15H30.2C2H6/c1-15(2)13-21(24-22(25)19-5-4-6-19)18-10-8-17(9-11-18)20-12-7-16(3)14-23-20;1-7-10-13(4)14(11-8-2)12-15(5,6)9-3;2*1-2/h7-12,14,19,21H,1,4-6,13H2,2-3H3,(H,24,25);11,13H,7-10,12H2,1-6H3;2*1-2H3/b;14-11-;;. The first-order valence-corrected chi connectivity index (χ1v) is 17.7. The molecule has 0 aliphatic heterocycles. The zero-order valence-electron chi connectivity index (χ0n) is 30.8. The van der Waals surface area contributed by atoms with Crippen molar-refractivity contribution in [2.45, 2.75) is 147 Å². The summed E-state index contributed by atoms with van der Waals surface area (Å²) in [6.07, 6.45) is 14.7. The van der Waals surface area contributed by atoms with E-state index < -0.39 is 0 Å². The lowest BCUT2D eigenvalue weighted by Gasteiger charge is -2.28. The molecule has 1 heterocycles. The van der Waals surface area contributed by atoms with Crippen LogP contribution in [0.5, 0.6) is 0 Å². The van der Waals surface area contributed by atoms with Gasteiger partial charge in [0.05, 0.1) is 11.7 Å². The molecule has 0 saturated heterocycles. The molecule has 1 aliphatic carbocycles. The smallest absolute Gasteiger partial charge is 0.223 e. The molecule has 1 aliphatic rings. The number of nitrogens with one attached hydrogen (secondary N) is 1. The van der Waals surface area contributed by atoms with Gasteiger partial charge in [-0.15, -0.1) is 6.58 Å². The second-order valence-corrected chi connectivity index (χ2v) is 12.8. The molecule has 3 heteroatoms. The number of hydrogen-bond donors (Lipinski definition) is 1. The highest BCUT2D eigenvalue weighted by atomic mass is 16.2. The molecular weight excluding hydrogens is 536 g/mol. The summed E-state index contributed by atoms with van der Waals surface area (Å²) in [5.41, 5.74) is 7.56. The first-order valence-electron chi connectivity index (χ1n) is 17.7. The van der Waals surface area contributed by atoms with Crippen molar-refractivity contribution in [1.29, 1.82) is 0 Å². The Hall–Kier alpha value is -2.68. The second-order valence-electron chi connectivity index (χ2n) is 12.8. The van der Waals surface area contributed by atoms with Crippen LogP contribution in [0.3, 0.4) is 0 Å². The van der Waals surface area contributed by atoms with E-state index >= 15 is 0 Å². The predicted molar refractivity (Wildman–Crippen MR) is 196 cm³/mol. The van der Waals surface area contributed by atoms with Crippen LogP contribution in [0, 0.1) is 24.2 Å². The summed E-state index contributed by atoms with van der Waals surface area (Å²) in [5, 5.41) is 3.22. The zero-order chi connectivity index (χ0) is 33.7. The summed E-state index contributed by atoms with van der Waals surface area (Å²) in [6.45, 7) is 30.0. The Bertz CT molecular complexity index is 1070. The van der Waals surface area contributed by atoms with Crippen molar-refractivity contribution < 1.29 is 4.79 Å². The van der Waals surface area contributed by atoms with Crippen molar-refractivity contribution >= 4 is 5.91 Å². The number of carbonyl (C=O) groups is 1. The molecule has 1 amide bonds. The van der Waals surface area contributed by atoms with Crippen molar-refractivity contribution in [2.75, 3.05) is 0 Å². The van der Waals surface area contributed by atoms with Crippen LogP contribution in [-0.4, -0.2) is 10.9 Å². The molecule has 3 rings (SSSR count). The lowest BCUT2D eigenvalue weighted by Crippen LogP contribution is -2.37. The van der Waals surface area contributed by atoms with Crippen molar-refractivity contribution in [3.63, 3.8) is 0 Å². The predicted octanol–water partition coefficient (Wildman–Crippen LogP) is 12.6. The first kappa shape index (κ1) is 41.3. The molecule has 1 fully saturated rings. The fourth-order valence-electron chi connectivity index (χ4n) is 5.09. The Balaban J connectivity index is 0.000000839. The highest BCUT2D eigenvalue weighted by Crippen LogP contribution is 2.33. The van der Waals surface area contributed by atoms with Crippen LogP contribution >= 0.6 is 0 Å². The molecule has 1 N–H and O–H groups in total. The number of rotatable bonds is 13. The van der Waals surface area contributed by atoms with Gasteiger partial charge in [-0.3, -0.25) is 9.78 Å². The van der Waals surface area contributed by atoms with Crippen LogP contribution in [0.2, 0.25) is 0 Å². The third kappa shape index (κ3) is 15.4. The normalized spacial score (nSPS) is 14.2. The summed E-state index contributed by atoms with van der Waals surface area (Å²) in [6, 6.07) is 12.4. The maximum atomic E-state index is 12.4.